The van der Waals surface area contributed by atoms with Gasteiger partial charge in [0.05, 0.1) is 0 Å². The van der Waals surface area contributed by atoms with E-state index < -0.39 is 6.03 Å². The van der Waals surface area contributed by atoms with Gasteiger partial charge in [-0.1, -0.05) is 123 Å². The Balaban J connectivity index is 0.000000256. The van der Waals surface area contributed by atoms with Gasteiger partial charge in [0.25, 0.3) is 0 Å². The molecule has 0 unspecified atom stereocenters. The molecule has 0 aromatic heterocycles. The molecule has 0 aliphatic carbocycles. The molecule has 0 saturated heterocycles. The van der Waals surface area contributed by atoms with Crippen LogP contribution >= 0.6 is 0 Å². The van der Waals surface area contributed by atoms with Gasteiger partial charge in [-0.05, 0) is 38.9 Å². The minimum absolute atomic E-state index is 0. The Hall–Kier alpha value is -4.72. The summed E-state index contributed by atoms with van der Waals surface area (Å²) >= 11 is 0. The van der Waals surface area contributed by atoms with Crippen molar-refractivity contribution < 1.29 is 26.5 Å². The fourth-order valence-corrected chi connectivity index (χ4v) is 4.17. The van der Waals surface area contributed by atoms with Crippen LogP contribution in [0, 0.1) is 6.92 Å². The fourth-order valence-electron chi connectivity index (χ4n) is 4.17. The van der Waals surface area contributed by atoms with Crippen molar-refractivity contribution >= 4 is 51.6 Å². The molecule has 4 aromatic rings. The zero-order valence-electron chi connectivity index (χ0n) is 25.6. The topological polar surface area (TPSA) is 98.2 Å². The van der Waals surface area contributed by atoms with Crippen molar-refractivity contribution in [3.8, 4) is 0 Å². The van der Waals surface area contributed by atoms with Crippen molar-refractivity contribution in [2.75, 3.05) is 0 Å². The summed E-state index contributed by atoms with van der Waals surface area (Å²) in [4.78, 5) is 21.0. The number of urea groups is 1. The van der Waals surface area contributed by atoms with Gasteiger partial charge in [-0.3, -0.25) is 9.98 Å². The van der Waals surface area contributed by atoms with Gasteiger partial charge in [-0.2, -0.15) is 11.4 Å². The number of hydrogen-bond donors (Lipinski definition) is 0. The minimum Gasteiger partial charge on any atom is -0.660 e. The van der Waals surface area contributed by atoms with Crippen molar-refractivity contribution in [3.05, 3.63) is 154 Å². The smallest absolute Gasteiger partial charge is 0.660 e. The van der Waals surface area contributed by atoms with Crippen LogP contribution in [0.2, 0.25) is 0 Å². The van der Waals surface area contributed by atoms with E-state index in [1.807, 2.05) is 126 Å². The molecular weight excluding hydrogens is 580 g/mol. The average Bonchev–Trinajstić information content (AvgIpc) is 2.96. The quantitative estimate of drug-likeness (QED) is 0.206. The number of carbonyl (C=O) groups is 1. The van der Waals surface area contributed by atoms with Gasteiger partial charge in [-0.25, -0.2) is 0 Å². The van der Waals surface area contributed by atoms with Crippen LogP contribution < -0.4 is 0 Å². The summed E-state index contributed by atoms with van der Waals surface area (Å²) in [5.74, 6) is 0. The first-order chi connectivity index (χ1) is 20.7. The monoisotopic (exact) mass is 614 g/mol. The van der Waals surface area contributed by atoms with E-state index >= 15 is 0 Å². The second-order valence-corrected chi connectivity index (χ2v) is 9.96. The molecule has 0 atom stereocenters. The van der Waals surface area contributed by atoms with Crippen LogP contribution in [0.15, 0.2) is 137 Å². The van der Waals surface area contributed by atoms with Gasteiger partial charge in [0, 0.05) is 22.8 Å². The van der Waals surface area contributed by atoms with Crippen LogP contribution in [0.25, 0.3) is 21.3 Å². The third kappa shape index (κ3) is 10.8. The number of benzene rings is 4. The fraction of sp³-hybridized carbons (Fsp3) is 0.139. The predicted molar refractivity (Wildman–Crippen MR) is 181 cm³/mol. The maximum atomic E-state index is 11.5. The molecule has 8 heteroatoms. The van der Waals surface area contributed by atoms with Crippen LogP contribution in [-0.4, -0.2) is 17.5 Å². The number of aryl methyl sites for hydroxylation is 1. The zero-order chi connectivity index (χ0) is 30.6. The number of para-hydroxylation sites is 5. The molecule has 0 bridgehead atoms. The van der Waals surface area contributed by atoms with Crippen molar-refractivity contribution in [2.24, 2.45) is 9.98 Å². The van der Waals surface area contributed by atoms with Crippen LogP contribution in [0.4, 0.5) is 38.9 Å². The third-order valence-electron chi connectivity index (χ3n) is 6.03. The Labute approximate surface area is 275 Å². The average molecular weight is 615 g/mol. The van der Waals surface area contributed by atoms with Gasteiger partial charge in [0.1, 0.15) is 0 Å². The molecule has 0 fully saturated rings. The number of allylic oxidation sites excluding steroid dienone is 4. The normalized spacial score (nSPS) is 14.9. The molecule has 7 nitrogen and oxygen atoms in total. The maximum Gasteiger partial charge on any atom is 4.00 e. The van der Waals surface area contributed by atoms with E-state index in [-0.39, 0.29) is 21.7 Å². The Morgan fingerprint density at radius 2 is 0.955 bits per heavy atom. The van der Waals surface area contributed by atoms with Crippen molar-refractivity contribution in [2.45, 2.75) is 34.6 Å². The molecule has 0 radical (unpaired) electrons. The first-order valence-electron chi connectivity index (χ1n) is 13.9. The van der Waals surface area contributed by atoms with E-state index in [1.54, 1.807) is 24.3 Å². The Bertz CT molecular complexity index is 1600. The van der Waals surface area contributed by atoms with E-state index in [0.29, 0.717) is 11.4 Å². The van der Waals surface area contributed by atoms with Crippen LogP contribution in [0.1, 0.15) is 33.3 Å². The molecular formula is C36H34N6OTi. The standard InChI is InChI=1S/C22H22N4.C14H13N2O.Ti/c1-15-13-16(2)24-21-11-7-8-12-22(21)26-18(4)14-17(3)25-20-10-6-5-9-19(20)23-15;1-11-7-9-13(10-8-11)16-14(17)15-12-5-3-2-4-6-12;/h5-14H,1-4H3;2-10H,1H3,(H-,15,16,17);/q-2;-1;+4/p-1/b15-13-,18-14-,24-16?,25-17?;;. The van der Waals surface area contributed by atoms with Crippen molar-refractivity contribution in [1.82, 2.24) is 0 Å². The number of fused-ring (bicyclic) bond motifs is 2. The van der Waals surface area contributed by atoms with Gasteiger partial charge >= 0.3 is 21.7 Å². The first-order valence-corrected chi connectivity index (χ1v) is 13.9. The van der Waals surface area contributed by atoms with E-state index in [2.05, 4.69) is 10.6 Å². The summed E-state index contributed by atoms with van der Waals surface area (Å²) in [7, 11) is 0. The van der Waals surface area contributed by atoms with Crippen molar-refractivity contribution in [3.63, 3.8) is 0 Å². The molecule has 0 spiro atoms. The summed E-state index contributed by atoms with van der Waals surface area (Å²) < 4.78 is 0. The van der Waals surface area contributed by atoms with E-state index in [1.165, 1.54) is 0 Å². The van der Waals surface area contributed by atoms with Crippen LogP contribution in [0.5, 0.6) is 0 Å². The van der Waals surface area contributed by atoms with Gasteiger partial charge in [-0.15, -0.1) is 22.7 Å². The number of carbonyl (C=O) groups excluding carboxylic acids is 1. The summed E-state index contributed by atoms with van der Waals surface area (Å²) in [6.45, 7) is 9.87. The maximum absolute atomic E-state index is 11.5. The molecule has 1 heterocycles. The third-order valence-corrected chi connectivity index (χ3v) is 6.03. The molecule has 0 N–H and O–H groups in total. The first kappa shape index (κ1) is 33.8. The number of rotatable bonds is 2. The number of aliphatic imine (C=N–C) groups is 2. The minimum atomic E-state index is -0.486. The number of nitrogens with zero attached hydrogens (tertiary/aromatic N) is 6. The Kier molecular flexibility index (Phi) is 12.9. The molecule has 4 aromatic carbocycles. The number of hydrogen-bond acceptors (Lipinski definition) is 3. The molecule has 1 aliphatic heterocycles. The van der Waals surface area contributed by atoms with Gasteiger partial charge in [0.2, 0.25) is 0 Å². The molecule has 44 heavy (non-hydrogen) atoms. The summed E-state index contributed by atoms with van der Waals surface area (Å²) in [5.41, 5.74) is 9.26. The largest absolute Gasteiger partial charge is 4.00 e. The summed E-state index contributed by atoms with van der Waals surface area (Å²) in [6, 6.07) is 31.8. The van der Waals surface area contributed by atoms with Crippen LogP contribution in [-0.2, 0) is 21.7 Å². The summed E-state index contributed by atoms with van der Waals surface area (Å²) in [5, 5.41) is 17.2. The van der Waals surface area contributed by atoms with Crippen LogP contribution in [0.3, 0.4) is 0 Å². The molecule has 1 aliphatic rings. The Morgan fingerprint density at radius 1 is 0.545 bits per heavy atom. The second-order valence-electron chi connectivity index (χ2n) is 9.96. The summed E-state index contributed by atoms with van der Waals surface area (Å²) in [6.07, 6.45) is 3.94. The zero-order valence-corrected chi connectivity index (χ0v) is 27.1. The Morgan fingerprint density at radius 3 is 1.43 bits per heavy atom. The van der Waals surface area contributed by atoms with E-state index in [0.717, 1.165) is 51.1 Å². The molecule has 0 saturated carbocycles. The number of amides is 2. The van der Waals surface area contributed by atoms with Crippen molar-refractivity contribution in [1.29, 1.82) is 0 Å². The van der Waals surface area contributed by atoms with Gasteiger partial charge in [0.15, 0.2) is 0 Å². The van der Waals surface area contributed by atoms with Gasteiger partial charge < -0.3 is 26.1 Å². The molecule has 2 amide bonds. The van der Waals surface area contributed by atoms with E-state index in [9.17, 15) is 4.79 Å². The molecule has 218 valence electrons. The second kappa shape index (κ2) is 16.8. The SMILES string of the molecule is CC1=Nc2ccccc2[N-]/C(C)=C\C(C)=Nc2ccccc2[N-]/C(C)=C\1.Cc1ccc([N-]C(=O)[N-]c2ccccc2)cc1.[Ti+4]. The molecule has 5 rings (SSSR count). The predicted octanol–water partition coefficient (Wildman–Crippen LogP) is 12.2. The van der Waals surface area contributed by atoms with E-state index in [4.69, 9.17) is 20.6 Å².